The van der Waals surface area contributed by atoms with Crippen LogP contribution in [0.3, 0.4) is 0 Å². The summed E-state index contributed by atoms with van der Waals surface area (Å²) in [5, 5.41) is 0. The van der Waals surface area contributed by atoms with Crippen LogP contribution in [0.4, 0.5) is 0 Å². The van der Waals surface area contributed by atoms with Crippen molar-refractivity contribution < 1.29 is 4.79 Å². The molecule has 2 heteroatoms. The van der Waals surface area contributed by atoms with Crippen LogP contribution in [0.1, 0.15) is 52.4 Å². The molecule has 7 atom stereocenters. The number of hydrogen-bond donors (Lipinski definition) is 0. The SMILES string of the molecule is CSC[C@]12CC[C@H](C[C@@H]1C1=CC3C4CCC(C4)C3C1=O)C2(C)C. The van der Waals surface area contributed by atoms with Gasteiger partial charge in [0, 0.05) is 5.92 Å². The maximum absolute atomic E-state index is 13.3. The molecule has 0 aliphatic heterocycles. The minimum Gasteiger partial charge on any atom is -0.294 e. The van der Waals surface area contributed by atoms with Crippen LogP contribution in [0.25, 0.3) is 0 Å². The van der Waals surface area contributed by atoms with Gasteiger partial charge < -0.3 is 0 Å². The highest BCUT2D eigenvalue weighted by atomic mass is 32.2. The van der Waals surface area contributed by atoms with Crippen molar-refractivity contribution in [3.8, 4) is 0 Å². The fraction of sp³-hybridized carbons (Fsp3) is 0.857. The Morgan fingerprint density at radius 3 is 2.65 bits per heavy atom. The molecule has 0 aromatic carbocycles. The zero-order chi connectivity index (χ0) is 16.0. The van der Waals surface area contributed by atoms with E-state index < -0.39 is 0 Å². The fourth-order valence-corrected chi connectivity index (χ4v) is 9.08. The molecule has 126 valence electrons. The van der Waals surface area contributed by atoms with Crippen molar-refractivity contribution >= 4 is 17.5 Å². The van der Waals surface area contributed by atoms with E-state index in [4.69, 9.17) is 0 Å². The summed E-state index contributed by atoms with van der Waals surface area (Å²) in [6.07, 6.45) is 12.9. The number of carbonyl (C=O) groups excluding carboxylic acids is 1. The molecule has 4 unspecified atom stereocenters. The van der Waals surface area contributed by atoms with Crippen LogP contribution >= 0.6 is 11.8 Å². The molecule has 0 amide bonds. The topological polar surface area (TPSA) is 17.1 Å². The molecule has 0 N–H and O–H groups in total. The number of fused-ring (bicyclic) bond motifs is 7. The number of Topliss-reactive ketones (excluding diaryl/α,β-unsaturated/α-hetero) is 1. The molecule has 4 bridgehead atoms. The van der Waals surface area contributed by atoms with Gasteiger partial charge in [0.2, 0.25) is 0 Å². The quantitative estimate of drug-likeness (QED) is 0.727. The molecular formula is C21H30OS. The summed E-state index contributed by atoms with van der Waals surface area (Å²) in [6.45, 7) is 5.01. The highest BCUT2D eigenvalue weighted by Crippen LogP contribution is 2.72. The van der Waals surface area contributed by atoms with Crippen LogP contribution in [0.2, 0.25) is 0 Å². The van der Waals surface area contributed by atoms with Gasteiger partial charge in [-0.2, -0.15) is 11.8 Å². The van der Waals surface area contributed by atoms with Crippen LogP contribution in [-0.2, 0) is 4.79 Å². The molecule has 0 saturated heterocycles. The lowest BCUT2D eigenvalue weighted by Crippen LogP contribution is -2.40. The number of carbonyl (C=O) groups is 1. The Morgan fingerprint density at radius 2 is 1.96 bits per heavy atom. The van der Waals surface area contributed by atoms with E-state index in [0.29, 0.717) is 34.4 Å². The zero-order valence-electron chi connectivity index (χ0n) is 14.8. The number of thioether (sulfide) groups is 1. The summed E-state index contributed by atoms with van der Waals surface area (Å²) in [5.41, 5.74) is 2.11. The number of hydrogen-bond acceptors (Lipinski definition) is 2. The highest BCUT2D eigenvalue weighted by molar-refractivity contribution is 7.98. The third kappa shape index (κ3) is 1.65. The molecule has 5 aliphatic rings. The van der Waals surface area contributed by atoms with Gasteiger partial charge in [0.05, 0.1) is 0 Å². The number of allylic oxidation sites excluding steroid dienone is 2. The minimum absolute atomic E-state index is 0.385. The van der Waals surface area contributed by atoms with Gasteiger partial charge >= 0.3 is 0 Å². The average molecular weight is 331 g/mol. The average Bonchev–Trinajstić information content (AvgIpc) is 3.27. The molecule has 0 spiro atoms. The smallest absolute Gasteiger partial charge is 0.162 e. The molecule has 0 aromatic rings. The predicted molar refractivity (Wildman–Crippen MR) is 96.3 cm³/mol. The zero-order valence-corrected chi connectivity index (χ0v) is 15.6. The monoisotopic (exact) mass is 330 g/mol. The highest BCUT2D eigenvalue weighted by Gasteiger charge is 2.66. The lowest BCUT2D eigenvalue weighted by Gasteiger charge is -2.43. The first-order valence-electron chi connectivity index (χ1n) is 9.74. The number of ketones is 1. The van der Waals surface area contributed by atoms with E-state index in [1.807, 2.05) is 11.8 Å². The lowest BCUT2D eigenvalue weighted by molar-refractivity contribution is -0.121. The molecule has 5 aliphatic carbocycles. The van der Waals surface area contributed by atoms with Gasteiger partial charge in [-0.05, 0) is 96.5 Å². The first kappa shape index (κ1) is 15.0. The summed E-state index contributed by atoms with van der Waals surface area (Å²) in [7, 11) is 0. The first-order valence-corrected chi connectivity index (χ1v) is 11.1. The molecule has 1 nitrogen and oxygen atoms in total. The first-order chi connectivity index (χ1) is 11.0. The molecule has 4 saturated carbocycles. The Hall–Kier alpha value is -0.240. The van der Waals surface area contributed by atoms with Gasteiger partial charge in [-0.25, -0.2) is 0 Å². The molecular weight excluding hydrogens is 300 g/mol. The van der Waals surface area contributed by atoms with Crippen molar-refractivity contribution in [1.29, 1.82) is 0 Å². The fourth-order valence-electron chi connectivity index (χ4n) is 7.84. The largest absolute Gasteiger partial charge is 0.294 e. The van der Waals surface area contributed by atoms with Crippen LogP contribution in [-0.4, -0.2) is 17.8 Å². The third-order valence-electron chi connectivity index (χ3n) is 9.15. The third-order valence-corrected chi connectivity index (χ3v) is 9.95. The maximum atomic E-state index is 13.3. The second-order valence-electron chi connectivity index (χ2n) is 9.76. The minimum atomic E-state index is 0.385. The molecule has 23 heavy (non-hydrogen) atoms. The lowest BCUT2D eigenvalue weighted by atomic mass is 9.64. The van der Waals surface area contributed by atoms with Gasteiger partial charge in [-0.3, -0.25) is 4.79 Å². The number of rotatable bonds is 3. The Labute approximate surface area is 145 Å². The van der Waals surface area contributed by atoms with E-state index in [1.165, 1.54) is 49.9 Å². The van der Waals surface area contributed by atoms with Gasteiger partial charge in [0.15, 0.2) is 5.78 Å². The summed E-state index contributed by atoms with van der Waals surface area (Å²) >= 11 is 2.01. The van der Waals surface area contributed by atoms with Crippen LogP contribution in [0.15, 0.2) is 11.6 Å². The van der Waals surface area contributed by atoms with E-state index in [2.05, 4.69) is 26.2 Å². The van der Waals surface area contributed by atoms with Gasteiger partial charge in [0.25, 0.3) is 0 Å². The molecule has 0 radical (unpaired) electrons. The Balaban J connectivity index is 1.53. The Bertz CT molecular complexity index is 591. The van der Waals surface area contributed by atoms with Crippen molar-refractivity contribution in [2.45, 2.75) is 52.4 Å². The summed E-state index contributed by atoms with van der Waals surface area (Å²) in [5.74, 6) is 5.85. The van der Waals surface area contributed by atoms with Crippen LogP contribution in [0.5, 0.6) is 0 Å². The summed E-state index contributed by atoms with van der Waals surface area (Å²) in [6, 6.07) is 0. The van der Waals surface area contributed by atoms with Gasteiger partial charge in [-0.15, -0.1) is 0 Å². The van der Waals surface area contributed by atoms with Gasteiger partial charge in [0.1, 0.15) is 0 Å². The van der Waals surface area contributed by atoms with E-state index in [-0.39, 0.29) is 0 Å². The molecule has 0 heterocycles. The second kappa shape index (κ2) is 4.68. The van der Waals surface area contributed by atoms with Crippen molar-refractivity contribution in [3.05, 3.63) is 11.6 Å². The van der Waals surface area contributed by atoms with E-state index in [0.717, 1.165) is 17.8 Å². The predicted octanol–water partition coefficient (Wildman–Crippen LogP) is 4.96. The van der Waals surface area contributed by atoms with Crippen LogP contribution < -0.4 is 0 Å². The van der Waals surface area contributed by atoms with Crippen molar-refractivity contribution in [2.24, 2.45) is 46.3 Å². The Kier molecular flexibility index (Phi) is 3.06. The van der Waals surface area contributed by atoms with E-state index in [1.54, 1.807) is 0 Å². The van der Waals surface area contributed by atoms with Gasteiger partial charge in [-0.1, -0.05) is 19.9 Å². The van der Waals surface area contributed by atoms with Crippen molar-refractivity contribution in [3.63, 3.8) is 0 Å². The second-order valence-corrected chi connectivity index (χ2v) is 10.6. The molecule has 5 rings (SSSR count). The Morgan fingerprint density at radius 1 is 1.17 bits per heavy atom. The van der Waals surface area contributed by atoms with Crippen LogP contribution in [0, 0.1) is 46.3 Å². The van der Waals surface area contributed by atoms with Crippen molar-refractivity contribution in [1.82, 2.24) is 0 Å². The standard InChI is InChI=1S/C21H30OS/c1-20(2)14-6-7-21(20,11-23-3)17(9-14)16-10-15-12-4-5-13(8-12)18(15)19(16)22/h10,12-15,17-18H,4-9,11H2,1-3H3/t12?,13?,14-,15?,17-,18?,21-/m1/s1. The molecule has 0 aromatic heterocycles. The molecule has 4 fully saturated rings. The maximum Gasteiger partial charge on any atom is 0.162 e. The van der Waals surface area contributed by atoms with E-state index in [9.17, 15) is 4.79 Å². The summed E-state index contributed by atoms with van der Waals surface area (Å²) in [4.78, 5) is 13.3. The van der Waals surface area contributed by atoms with E-state index >= 15 is 0 Å². The summed E-state index contributed by atoms with van der Waals surface area (Å²) < 4.78 is 0. The normalized spacial score (nSPS) is 52.3. The van der Waals surface area contributed by atoms with Crippen molar-refractivity contribution in [2.75, 3.05) is 12.0 Å².